The number of ketones is 1. The number of amides is 1. The zero-order chi connectivity index (χ0) is 28.5. The van der Waals surface area contributed by atoms with E-state index in [2.05, 4.69) is 11.8 Å². The number of benzene rings is 2. The lowest BCUT2D eigenvalue weighted by Crippen LogP contribution is -2.38. The predicted octanol–water partition coefficient (Wildman–Crippen LogP) is 5.11. The lowest BCUT2D eigenvalue weighted by molar-refractivity contribution is -0.140. The number of carbonyl (C=O) groups excluding carboxylic acids is 2. The van der Waals surface area contributed by atoms with E-state index < -0.39 is 17.7 Å². The second-order valence-electron chi connectivity index (χ2n) is 10.4. The third kappa shape index (κ3) is 7.04. The van der Waals surface area contributed by atoms with Gasteiger partial charge in [-0.2, -0.15) is 0 Å². The summed E-state index contributed by atoms with van der Waals surface area (Å²) in [6.45, 7) is 11.6. The van der Waals surface area contributed by atoms with Crippen LogP contribution in [0.2, 0.25) is 0 Å². The molecule has 2 aliphatic heterocycles. The van der Waals surface area contributed by atoms with Crippen molar-refractivity contribution in [3.63, 3.8) is 0 Å². The van der Waals surface area contributed by atoms with Gasteiger partial charge in [0.2, 0.25) is 0 Å². The first-order valence-electron chi connectivity index (χ1n) is 14.5. The SMILES string of the molecule is CCCCOc1ccc(C2/C(=C(\O)c3ccc(OCCC)cc3C)C(=O)C(=O)N2CCCN2CCOCC2)cc1. The Labute approximate surface area is 237 Å². The average molecular weight is 551 g/mol. The molecule has 0 aromatic heterocycles. The number of nitrogens with zero attached hydrogens (tertiary/aromatic N) is 2. The van der Waals surface area contributed by atoms with E-state index in [1.54, 1.807) is 17.0 Å². The number of likely N-dealkylation sites (tertiary alicyclic amines) is 1. The molecule has 0 spiro atoms. The topological polar surface area (TPSA) is 88.5 Å². The molecule has 1 atom stereocenters. The summed E-state index contributed by atoms with van der Waals surface area (Å²) in [6, 6.07) is 12.2. The lowest BCUT2D eigenvalue weighted by atomic mass is 9.93. The third-order valence-corrected chi connectivity index (χ3v) is 7.41. The highest BCUT2D eigenvalue weighted by Crippen LogP contribution is 2.40. The Morgan fingerprint density at radius 2 is 1.62 bits per heavy atom. The number of rotatable bonds is 13. The summed E-state index contributed by atoms with van der Waals surface area (Å²) in [7, 11) is 0. The van der Waals surface area contributed by atoms with Gasteiger partial charge in [-0.05, 0) is 67.6 Å². The second kappa shape index (κ2) is 14.3. The molecule has 0 aliphatic carbocycles. The smallest absolute Gasteiger partial charge is 0.295 e. The standard InChI is InChI=1S/C32H42N2O6/c1-4-6-19-40-25-10-8-24(9-11-25)29-28(30(35)27-13-12-26(22-23(27)3)39-18-5-2)31(36)32(37)34(29)15-7-14-33-16-20-38-21-17-33/h8-13,22,29,35H,4-7,14-21H2,1-3H3/b30-28+. The first kappa shape index (κ1) is 29.6. The fourth-order valence-electron chi connectivity index (χ4n) is 5.18. The molecule has 8 nitrogen and oxygen atoms in total. The molecule has 0 saturated carbocycles. The van der Waals surface area contributed by atoms with Crippen molar-refractivity contribution in [1.82, 2.24) is 9.80 Å². The minimum absolute atomic E-state index is 0.112. The van der Waals surface area contributed by atoms with Crippen LogP contribution in [0.3, 0.4) is 0 Å². The van der Waals surface area contributed by atoms with Crippen LogP contribution in [0.25, 0.3) is 5.76 Å². The first-order chi connectivity index (χ1) is 19.4. The number of morpholine rings is 1. The molecule has 1 amide bonds. The highest BCUT2D eigenvalue weighted by molar-refractivity contribution is 6.46. The molecule has 0 radical (unpaired) electrons. The van der Waals surface area contributed by atoms with Crippen LogP contribution >= 0.6 is 0 Å². The van der Waals surface area contributed by atoms with Crippen molar-refractivity contribution in [2.75, 3.05) is 52.6 Å². The van der Waals surface area contributed by atoms with E-state index in [1.807, 2.05) is 44.2 Å². The zero-order valence-electron chi connectivity index (χ0n) is 24.0. The monoisotopic (exact) mass is 550 g/mol. The van der Waals surface area contributed by atoms with Crippen LogP contribution in [0.5, 0.6) is 11.5 Å². The van der Waals surface area contributed by atoms with Crippen molar-refractivity contribution in [3.05, 3.63) is 64.7 Å². The Morgan fingerprint density at radius 1 is 0.925 bits per heavy atom. The van der Waals surface area contributed by atoms with Gasteiger partial charge in [0, 0.05) is 31.7 Å². The fourth-order valence-corrected chi connectivity index (χ4v) is 5.18. The van der Waals surface area contributed by atoms with Crippen molar-refractivity contribution in [1.29, 1.82) is 0 Å². The van der Waals surface area contributed by atoms with Gasteiger partial charge in [0.25, 0.3) is 11.7 Å². The molecular formula is C32H42N2O6. The van der Waals surface area contributed by atoms with Crippen LogP contribution in [-0.4, -0.2) is 79.2 Å². The summed E-state index contributed by atoms with van der Waals surface area (Å²) >= 11 is 0. The van der Waals surface area contributed by atoms with Crippen LogP contribution in [0.1, 0.15) is 62.3 Å². The molecule has 2 heterocycles. The fraction of sp³-hybridized carbons (Fsp3) is 0.500. The van der Waals surface area contributed by atoms with Crippen molar-refractivity contribution in [2.45, 2.75) is 52.5 Å². The van der Waals surface area contributed by atoms with Crippen LogP contribution in [0, 0.1) is 6.92 Å². The van der Waals surface area contributed by atoms with E-state index in [-0.39, 0.29) is 11.3 Å². The summed E-state index contributed by atoms with van der Waals surface area (Å²) in [4.78, 5) is 30.7. The molecule has 2 aliphatic rings. The molecule has 8 heteroatoms. The van der Waals surface area contributed by atoms with Gasteiger partial charge in [-0.25, -0.2) is 0 Å². The van der Waals surface area contributed by atoms with E-state index in [0.29, 0.717) is 50.7 Å². The molecule has 4 rings (SSSR count). The Morgan fingerprint density at radius 3 is 2.30 bits per heavy atom. The molecule has 2 saturated heterocycles. The number of aryl methyl sites for hydroxylation is 1. The number of aliphatic hydroxyl groups is 1. The maximum absolute atomic E-state index is 13.5. The normalized spacial score (nSPS) is 19.3. The molecule has 2 aromatic carbocycles. The summed E-state index contributed by atoms with van der Waals surface area (Å²) in [5, 5.41) is 11.5. The van der Waals surface area contributed by atoms with Crippen LogP contribution in [0.15, 0.2) is 48.0 Å². The molecule has 2 fully saturated rings. The van der Waals surface area contributed by atoms with E-state index in [9.17, 15) is 14.7 Å². The average Bonchev–Trinajstić information content (AvgIpc) is 3.22. The number of Topliss-reactive ketones (excluding diaryl/α,β-unsaturated/α-hetero) is 1. The van der Waals surface area contributed by atoms with Crippen LogP contribution < -0.4 is 9.47 Å². The Bertz CT molecular complexity index is 1190. The summed E-state index contributed by atoms with van der Waals surface area (Å²) in [6.07, 6.45) is 3.61. The lowest BCUT2D eigenvalue weighted by Gasteiger charge is -2.29. The summed E-state index contributed by atoms with van der Waals surface area (Å²) in [5.41, 5.74) is 2.15. The van der Waals surface area contributed by atoms with Gasteiger partial charge in [0.05, 0.1) is 38.0 Å². The molecule has 216 valence electrons. The van der Waals surface area contributed by atoms with Crippen molar-refractivity contribution in [2.24, 2.45) is 0 Å². The van der Waals surface area contributed by atoms with Gasteiger partial charge in [-0.3, -0.25) is 14.5 Å². The molecule has 0 bridgehead atoms. The molecule has 1 unspecified atom stereocenters. The number of carbonyl (C=O) groups is 2. The van der Waals surface area contributed by atoms with Gasteiger partial charge in [0.15, 0.2) is 0 Å². The van der Waals surface area contributed by atoms with Gasteiger partial charge in [-0.15, -0.1) is 0 Å². The van der Waals surface area contributed by atoms with Crippen molar-refractivity contribution < 1.29 is 28.9 Å². The van der Waals surface area contributed by atoms with Crippen LogP contribution in [0.4, 0.5) is 0 Å². The first-order valence-corrected chi connectivity index (χ1v) is 14.5. The van der Waals surface area contributed by atoms with E-state index >= 15 is 0 Å². The van der Waals surface area contributed by atoms with Crippen molar-refractivity contribution in [3.8, 4) is 11.5 Å². The highest BCUT2D eigenvalue weighted by atomic mass is 16.5. The molecule has 1 N–H and O–H groups in total. The van der Waals surface area contributed by atoms with Crippen molar-refractivity contribution >= 4 is 17.4 Å². The van der Waals surface area contributed by atoms with Gasteiger partial charge in [0.1, 0.15) is 17.3 Å². The number of ether oxygens (including phenoxy) is 3. The maximum Gasteiger partial charge on any atom is 0.295 e. The predicted molar refractivity (Wildman–Crippen MR) is 155 cm³/mol. The van der Waals surface area contributed by atoms with E-state index in [0.717, 1.165) is 55.8 Å². The summed E-state index contributed by atoms with van der Waals surface area (Å²) < 4.78 is 17.0. The van der Waals surface area contributed by atoms with Gasteiger partial charge >= 0.3 is 0 Å². The zero-order valence-corrected chi connectivity index (χ0v) is 24.0. The molecule has 2 aromatic rings. The number of unbranched alkanes of at least 4 members (excludes halogenated alkanes) is 1. The number of hydrogen-bond acceptors (Lipinski definition) is 7. The van der Waals surface area contributed by atoms with Gasteiger partial charge < -0.3 is 24.2 Å². The number of aliphatic hydroxyl groups excluding tert-OH is 1. The Hall–Kier alpha value is -3.36. The third-order valence-electron chi connectivity index (χ3n) is 7.41. The molecular weight excluding hydrogens is 508 g/mol. The van der Waals surface area contributed by atoms with Gasteiger partial charge in [-0.1, -0.05) is 32.4 Å². The minimum atomic E-state index is -0.690. The highest BCUT2D eigenvalue weighted by Gasteiger charge is 2.46. The van der Waals surface area contributed by atoms with E-state index in [4.69, 9.17) is 14.2 Å². The van der Waals surface area contributed by atoms with E-state index in [1.165, 1.54) is 0 Å². The summed E-state index contributed by atoms with van der Waals surface area (Å²) in [5.74, 6) is 0.0247. The Balaban J connectivity index is 1.65. The second-order valence-corrected chi connectivity index (χ2v) is 10.4. The number of hydrogen-bond donors (Lipinski definition) is 1. The van der Waals surface area contributed by atoms with Crippen LogP contribution in [-0.2, 0) is 14.3 Å². The quantitative estimate of drug-likeness (QED) is 0.161. The minimum Gasteiger partial charge on any atom is -0.507 e. The largest absolute Gasteiger partial charge is 0.507 e. The Kier molecular flexibility index (Phi) is 10.6. The maximum atomic E-state index is 13.5. The molecule has 40 heavy (non-hydrogen) atoms.